The van der Waals surface area contributed by atoms with E-state index in [9.17, 15) is 28.6 Å². The Balaban J connectivity index is 1.42. The van der Waals surface area contributed by atoms with Gasteiger partial charge in [-0.05, 0) is 48.7 Å². The number of hydrogen-bond acceptors (Lipinski definition) is 7. The first-order chi connectivity index (χ1) is 17.6. The molecule has 0 spiro atoms. The van der Waals surface area contributed by atoms with Crippen LogP contribution >= 0.6 is 10.6 Å². The van der Waals surface area contributed by atoms with Crippen molar-refractivity contribution >= 4 is 45.3 Å². The van der Waals surface area contributed by atoms with E-state index in [1.165, 1.54) is 29.3 Å². The van der Waals surface area contributed by atoms with Gasteiger partial charge >= 0.3 is 6.09 Å². The lowest BCUT2D eigenvalue weighted by atomic mass is 9.77. The van der Waals surface area contributed by atoms with Gasteiger partial charge in [0, 0.05) is 6.20 Å². The van der Waals surface area contributed by atoms with Crippen LogP contribution in [0.2, 0.25) is 0 Å². The topological polar surface area (TPSA) is 154 Å². The van der Waals surface area contributed by atoms with Crippen molar-refractivity contribution in [2.75, 3.05) is 24.1 Å². The lowest BCUT2D eigenvalue weighted by Crippen LogP contribution is -2.51. The molecule has 1 atom stereocenters. The summed E-state index contributed by atoms with van der Waals surface area (Å²) in [5.74, 6) is -0.619. The van der Waals surface area contributed by atoms with Gasteiger partial charge in [-0.2, -0.15) is 10.6 Å². The molecule has 0 bridgehead atoms. The van der Waals surface area contributed by atoms with E-state index in [0.717, 1.165) is 23.0 Å². The van der Waals surface area contributed by atoms with Crippen molar-refractivity contribution in [3.63, 3.8) is 0 Å². The van der Waals surface area contributed by atoms with Crippen molar-refractivity contribution in [2.24, 2.45) is 0 Å². The van der Waals surface area contributed by atoms with Gasteiger partial charge in [-0.25, -0.2) is 9.78 Å². The highest BCUT2D eigenvalue weighted by Gasteiger charge is 2.51. The normalized spacial score (nSPS) is 21.1. The van der Waals surface area contributed by atoms with Crippen LogP contribution in [0.3, 0.4) is 0 Å². The quantitative estimate of drug-likeness (QED) is 0.388. The second-order valence-corrected chi connectivity index (χ2v) is 11.7. The number of pyridine rings is 1. The number of rotatable bonds is 5. The van der Waals surface area contributed by atoms with Gasteiger partial charge in [0.25, 0.3) is 0 Å². The Labute approximate surface area is 214 Å². The van der Waals surface area contributed by atoms with Gasteiger partial charge in [-0.15, -0.1) is 0 Å². The standard InChI is InChI=1S/C25H28N4O7S/c1-36-17-6-4-16(5-7-17)25(11-2-3-12-25)23(31)29-15-37(34,35)14-20(29)22(30)27-21-9-8-19-18(26-21)10-13-28(19)24(32)33/h4-10,13,20,34-35H,2-3,11-12,14-15H2,1H3,(H,32,33)(H,26,27,30)/t20-/m1/s1. The molecule has 2 aromatic heterocycles. The molecule has 2 fully saturated rings. The van der Waals surface area contributed by atoms with Crippen LogP contribution in [0.5, 0.6) is 5.75 Å². The molecule has 2 amide bonds. The Bertz CT molecular complexity index is 1370. The Hall–Kier alpha value is -3.61. The molecule has 1 saturated carbocycles. The third-order valence-electron chi connectivity index (χ3n) is 7.22. The molecule has 3 heterocycles. The number of hydrogen-bond donors (Lipinski definition) is 4. The van der Waals surface area contributed by atoms with Crippen molar-refractivity contribution in [3.8, 4) is 5.75 Å². The van der Waals surface area contributed by atoms with E-state index < -0.39 is 34.0 Å². The molecule has 3 aromatic rings. The van der Waals surface area contributed by atoms with E-state index in [2.05, 4.69) is 10.3 Å². The first-order valence-electron chi connectivity index (χ1n) is 11.8. The first-order valence-corrected chi connectivity index (χ1v) is 13.7. The summed E-state index contributed by atoms with van der Waals surface area (Å²) < 4.78 is 27.3. The van der Waals surface area contributed by atoms with Crippen LogP contribution in [0.15, 0.2) is 48.7 Å². The predicted octanol–water partition coefficient (Wildman–Crippen LogP) is 3.94. The number of methoxy groups -OCH3 is 1. The van der Waals surface area contributed by atoms with E-state index in [-0.39, 0.29) is 23.4 Å². The summed E-state index contributed by atoms with van der Waals surface area (Å²) in [5, 5.41) is 11.9. The molecule has 196 valence electrons. The number of ether oxygens (including phenoxy) is 1. The fourth-order valence-corrected chi connectivity index (χ4v) is 7.07. The lowest BCUT2D eigenvalue weighted by molar-refractivity contribution is -0.141. The van der Waals surface area contributed by atoms with Gasteiger partial charge in [0.05, 0.1) is 29.3 Å². The molecule has 11 nitrogen and oxygen atoms in total. The highest BCUT2D eigenvalue weighted by Crippen LogP contribution is 2.50. The number of nitrogens with zero attached hydrogens (tertiary/aromatic N) is 3. The van der Waals surface area contributed by atoms with E-state index in [4.69, 9.17) is 4.74 Å². The van der Waals surface area contributed by atoms with E-state index in [0.29, 0.717) is 29.6 Å². The summed E-state index contributed by atoms with van der Waals surface area (Å²) in [6, 6.07) is 10.7. The predicted molar refractivity (Wildman–Crippen MR) is 138 cm³/mol. The number of carboxylic acid groups (broad SMARTS) is 1. The van der Waals surface area contributed by atoms with Crippen LogP contribution < -0.4 is 10.1 Å². The molecule has 1 aliphatic heterocycles. The maximum absolute atomic E-state index is 14.1. The second-order valence-electron chi connectivity index (χ2n) is 9.46. The Kier molecular flexibility index (Phi) is 6.34. The van der Waals surface area contributed by atoms with E-state index in [1.807, 2.05) is 12.1 Å². The van der Waals surface area contributed by atoms with Crippen LogP contribution in [-0.4, -0.2) is 71.4 Å². The molecule has 1 saturated heterocycles. The number of carbonyl (C=O) groups is 3. The van der Waals surface area contributed by atoms with Crippen molar-refractivity contribution < 1.29 is 33.3 Å². The van der Waals surface area contributed by atoms with Crippen molar-refractivity contribution in [3.05, 3.63) is 54.2 Å². The molecular formula is C25H28N4O7S. The van der Waals surface area contributed by atoms with Crippen molar-refractivity contribution in [1.29, 1.82) is 0 Å². The molecule has 37 heavy (non-hydrogen) atoms. The number of aromatic nitrogens is 2. The third kappa shape index (κ3) is 4.52. The number of carbonyl (C=O) groups excluding carboxylic acids is 2. The minimum absolute atomic E-state index is 0.169. The molecule has 0 radical (unpaired) electrons. The largest absolute Gasteiger partial charge is 0.497 e. The van der Waals surface area contributed by atoms with E-state index >= 15 is 0 Å². The monoisotopic (exact) mass is 528 g/mol. The fourth-order valence-electron chi connectivity index (χ4n) is 5.38. The van der Waals surface area contributed by atoms with Crippen LogP contribution in [0.1, 0.15) is 31.2 Å². The smallest absolute Gasteiger partial charge is 0.416 e. The molecule has 4 N–H and O–H groups in total. The maximum Gasteiger partial charge on any atom is 0.416 e. The lowest BCUT2D eigenvalue weighted by Gasteiger charge is -2.35. The van der Waals surface area contributed by atoms with Gasteiger partial charge in [0.2, 0.25) is 11.8 Å². The molecular weight excluding hydrogens is 500 g/mol. The SMILES string of the molecule is COc1ccc(C2(C(=O)N3CS(O)(O)C[C@@H]3C(=O)Nc3ccc4c(ccn4C(=O)O)n3)CCCC2)cc1. The first kappa shape index (κ1) is 25.1. The van der Waals surface area contributed by atoms with Crippen molar-refractivity contribution in [1.82, 2.24) is 14.5 Å². The molecule has 2 aliphatic rings. The van der Waals surface area contributed by atoms with Gasteiger partial charge in [-0.3, -0.25) is 23.3 Å². The maximum atomic E-state index is 14.1. The Morgan fingerprint density at radius 1 is 1.08 bits per heavy atom. The van der Waals surface area contributed by atoms with Crippen LogP contribution in [0.4, 0.5) is 10.6 Å². The summed E-state index contributed by atoms with van der Waals surface area (Å²) in [6.45, 7) is 0. The summed E-state index contributed by atoms with van der Waals surface area (Å²) >= 11 is 0. The zero-order valence-corrected chi connectivity index (χ0v) is 21.0. The summed E-state index contributed by atoms with van der Waals surface area (Å²) in [6.07, 6.45) is 3.09. The average Bonchev–Trinajstić information content (AvgIpc) is 3.60. The zero-order valence-electron chi connectivity index (χ0n) is 20.2. The van der Waals surface area contributed by atoms with Gasteiger partial charge in [0.1, 0.15) is 23.5 Å². The highest BCUT2D eigenvalue weighted by molar-refractivity contribution is 8.24. The number of fused-ring (bicyclic) bond motifs is 1. The van der Waals surface area contributed by atoms with E-state index in [1.54, 1.807) is 19.2 Å². The summed E-state index contributed by atoms with van der Waals surface area (Å²) in [7, 11) is -1.61. The third-order valence-corrected chi connectivity index (χ3v) is 8.76. The summed E-state index contributed by atoms with van der Waals surface area (Å²) in [4.78, 5) is 44.3. The van der Waals surface area contributed by atoms with Crippen LogP contribution in [0.25, 0.3) is 11.0 Å². The molecule has 12 heteroatoms. The second kappa shape index (κ2) is 9.36. The molecule has 1 aliphatic carbocycles. The van der Waals surface area contributed by atoms with Crippen molar-refractivity contribution in [2.45, 2.75) is 37.1 Å². The minimum Gasteiger partial charge on any atom is -0.497 e. The molecule has 0 unspecified atom stereocenters. The average molecular weight is 529 g/mol. The minimum atomic E-state index is -3.18. The molecule has 1 aromatic carbocycles. The zero-order chi connectivity index (χ0) is 26.4. The number of benzene rings is 1. The molecule has 5 rings (SSSR count). The summed E-state index contributed by atoms with van der Waals surface area (Å²) in [5.41, 5.74) is 0.684. The fraction of sp³-hybridized carbons (Fsp3) is 0.360. The Morgan fingerprint density at radius 3 is 2.43 bits per heavy atom. The van der Waals surface area contributed by atoms with Gasteiger partial charge in [0.15, 0.2) is 0 Å². The number of anilines is 1. The van der Waals surface area contributed by atoms with Gasteiger partial charge in [-0.1, -0.05) is 25.0 Å². The number of nitrogens with one attached hydrogen (secondary N) is 1. The highest BCUT2D eigenvalue weighted by atomic mass is 32.3. The van der Waals surface area contributed by atoms with Crippen LogP contribution in [-0.2, 0) is 15.0 Å². The van der Waals surface area contributed by atoms with Crippen LogP contribution in [0, 0.1) is 0 Å². The Morgan fingerprint density at radius 2 is 1.78 bits per heavy atom. The van der Waals surface area contributed by atoms with Gasteiger partial charge < -0.3 is 20.1 Å². The number of amides is 2.